The fourth-order valence-corrected chi connectivity index (χ4v) is 9.17. The second-order valence-corrected chi connectivity index (χ2v) is 15.4. The highest BCUT2D eigenvalue weighted by Gasteiger charge is 2.50. The normalized spacial score (nSPS) is 21.8. The number of likely N-dealkylation sites (tertiary alicyclic amines) is 1. The first-order valence-electron chi connectivity index (χ1n) is 19.5. The van der Waals surface area contributed by atoms with Crippen molar-refractivity contribution in [2.75, 3.05) is 31.2 Å². The molecule has 1 amide bonds. The van der Waals surface area contributed by atoms with Gasteiger partial charge in [0.15, 0.2) is 5.78 Å². The zero-order chi connectivity index (χ0) is 38.1. The SMILES string of the molecule is CC(=O)Oc1ccc2c(c1)CCC(CCC(=O)Oc1cc(-c3ccccc3)cc3c1C(O)C(CN1CCC4(CC1)C(=O)NCN4c1ccccc1)CC3)C2=O. The number of amides is 1. The van der Waals surface area contributed by atoms with Crippen LogP contribution in [0.3, 0.4) is 0 Å². The Morgan fingerprint density at radius 1 is 0.855 bits per heavy atom. The van der Waals surface area contributed by atoms with Crippen LogP contribution in [0.25, 0.3) is 11.1 Å². The maximum atomic E-state index is 13.6. The molecule has 2 heterocycles. The maximum Gasteiger partial charge on any atom is 0.311 e. The number of Topliss-reactive ketones (excluding diaryl/α,β-unsaturated/α-hetero) is 1. The van der Waals surface area contributed by atoms with Crippen molar-refractivity contribution in [3.63, 3.8) is 0 Å². The topological polar surface area (TPSA) is 125 Å². The molecular weight excluding hydrogens is 695 g/mol. The molecule has 8 rings (SSSR count). The number of carbonyl (C=O) groups excluding carboxylic acids is 4. The minimum Gasteiger partial charge on any atom is -0.427 e. The van der Waals surface area contributed by atoms with Crippen molar-refractivity contribution < 1.29 is 33.8 Å². The summed E-state index contributed by atoms with van der Waals surface area (Å²) in [5.74, 6) is -0.400. The number of fused-ring (bicyclic) bond motifs is 2. The smallest absolute Gasteiger partial charge is 0.311 e. The van der Waals surface area contributed by atoms with Crippen molar-refractivity contribution in [2.45, 2.75) is 69.9 Å². The van der Waals surface area contributed by atoms with Crippen molar-refractivity contribution >= 4 is 29.3 Å². The number of carbonyl (C=O) groups is 4. The van der Waals surface area contributed by atoms with Crippen LogP contribution in [-0.2, 0) is 27.2 Å². The predicted octanol–water partition coefficient (Wildman–Crippen LogP) is 6.43. The van der Waals surface area contributed by atoms with Crippen LogP contribution in [0.15, 0.2) is 91.0 Å². The highest BCUT2D eigenvalue weighted by molar-refractivity contribution is 6.00. The largest absolute Gasteiger partial charge is 0.427 e. The van der Waals surface area contributed by atoms with Gasteiger partial charge in [0, 0.05) is 61.6 Å². The molecule has 0 saturated carbocycles. The predicted molar refractivity (Wildman–Crippen MR) is 208 cm³/mol. The summed E-state index contributed by atoms with van der Waals surface area (Å²) in [6.07, 6.45) is 3.72. The molecule has 10 nitrogen and oxygen atoms in total. The molecule has 3 atom stereocenters. The number of aryl methyl sites for hydroxylation is 2. The molecule has 10 heteroatoms. The molecule has 2 aliphatic heterocycles. The molecule has 55 heavy (non-hydrogen) atoms. The molecular formula is C45H47N3O7. The van der Waals surface area contributed by atoms with Gasteiger partial charge in [0.05, 0.1) is 12.8 Å². The quantitative estimate of drug-likeness (QED) is 0.147. The first kappa shape index (κ1) is 36.6. The van der Waals surface area contributed by atoms with Gasteiger partial charge in [-0.05, 0) is 104 Å². The van der Waals surface area contributed by atoms with Crippen LogP contribution < -0.4 is 19.7 Å². The maximum absolute atomic E-state index is 13.6. The Bertz CT molecular complexity index is 2090. The standard InChI is InChI=1S/C45H47N3O7/c1-29(49)54-37-17-18-38-32(25-37)13-12-31(42(38)51)16-19-40(50)55-39-26-35(30-8-4-2-5-9-30)24-33-14-15-34(43(52)41(33)39)27-47-22-20-45(21-23-47)44(53)46-28-48(45)36-10-6-3-7-11-36/h2-11,17-18,24-26,31,34,43,52H,12-16,19-23,27-28H2,1H3,(H,46,53). The molecule has 1 spiro atoms. The molecule has 2 N–H and O–H groups in total. The Hall–Kier alpha value is -5.32. The van der Waals surface area contributed by atoms with Crippen molar-refractivity contribution in [2.24, 2.45) is 11.8 Å². The molecule has 0 bridgehead atoms. The monoisotopic (exact) mass is 741 g/mol. The third kappa shape index (κ3) is 7.41. The number of aliphatic hydroxyl groups is 1. The van der Waals surface area contributed by atoms with E-state index in [4.69, 9.17) is 9.47 Å². The molecule has 0 aromatic heterocycles. The number of hydrogen-bond acceptors (Lipinski definition) is 9. The van der Waals surface area contributed by atoms with E-state index in [-0.39, 0.29) is 29.9 Å². The Kier molecular flexibility index (Phi) is 10.3. The molecule has 2 fully saturated rings. The number of ether oxygens (including phenoxy) is 2. The molecule has 2 saturated heterocycles. The number of rotatable bonds is 9. The number of hydrogen-bond donors (Lipinski definition) is 2. The Morgan fingerprint density at radius 2 is 1.58 bits per heavy atom. The summed E-state index contributed by atoms with van der Waals surface area (Å²) in [5, 5.41) is 15.1. The lowest BCUT2D eigenvalue weighted by Gasteiger charge is -2.44. The first-order chi connectivity index (χ1) is 26.7. The van der Waals surface area contributed by atoms with E-state index >= 15 is 0 Å². The molecule has 2 aliphatic carbocycles. The van der Waals surface area contributed by atoms with Gasteiger partial charge in [-0.15, -0.1) is 0 Å². The number of nitrogens with zero attached hydrogens (tertiary/aromatic N) is 2. The fraction of sp³-hybridized carbons (Fsp3) is 0.378. The average molecular weight is 742 g/mol. The van der Waals surface area contributed by atoms with Gasteiger partial charge in [0.25, 0.3) is 0 Å². The molecule has 4 aliphatic rings. The molecule has 284 valence electrons. The summed E-state index contributed by atoms with van der Waals surface area (Å²) in [7, 11) is 0. The number of piperidine rings is 1. The zero-order valence-electron chi connectivity index (χ0n) is 31.2. The van der Waals surface area contributed by atoms with E-state index in [2.05, 4.69) is 33.3 Å². The third-order valence-electron chi connectivity index (χ3n) is 12.1. The van der Waals surface area contributed by atoms with Gasteiger partial charge in [0.2, 0.25) is 5.91 Å². The summed E-state index contributed by atoms with van der Waals surface area (Å²) >= 11 is 0. The molecule has 3 unspecified atom stereocenters. The van der Waals surface area contributed by atoms with Crippen LogP contribution in [0, 0.1) is 11.8 Å². The number of benzene rings is 4. The minimum absolute atomic E-state index is 0.0184. The lowest BCUT2D eigenvalue weighted by Crippen LogP contribution is -2.57. The van der Waals surface area contributed by atoms with Gasteiger partial charge in [0.1, 0.15) is 17.0 Å². The van der Waals surface area contributed by atoms with E-state index in [0.717, 1.165) is 53.9 Å². The zero-order valence-corrected chi connectivity index (χ0v) is 31.2. The average Bonchev–Trinajstić information content (AvgIpc) is 3.51. The van der Waals surface area contributed by atoms with E-state index in [1.54, 1.807) is 18.2 Å². The van der Waals surface area contributed by atoms with E-state index in [0.29, 0.717) is 67.9 Å². The minimum atomic E-state index is -0.837. The van der Waals surface area contributed by atoms with Crippen LogP contribution >= 0.6 is 0 Å². The molecule has 4 aromatic rings. The van der Waals surface area contributed by atoms with E-state index in [9.17, 15) is 24.3 Å². The van der Waals surface area contributed by atoms with Gasteiger partial charge >= 0.3 is 11.9 Å². The number of ketones is 1. The van der Waals surface area contributed by atoms with Crippen LogP contribution in [0.1, 0.15) is 78.6 Å². The van der Waals surface area contributed by atoms with Gasteiger partial charge in [-0.3, -0.25) is 19.2 Å². The summed E-state index contributed by atoms with van der Waals surface area (Å²) in [6.45, 7) is 3.98. The second kappa shape index (κ2) is 15.4. The number of nitrogens with one attached hydrogen (secondary N) is 1. The number of aliphatic hydroxyl groups excluding tert-OH is 1. The van der Waals surface area contributed by atoms with Gasteiger partial charge in [-0.25, -0.2) is 0 Å². The van der Waals surface area contributed by atoms with Crippen molar-refractivity contribution in [1.29, 1.82) is 0 Å². The highest BCUT2D eigenvalue weighted by Crippen LogP contribution is 2.44. The number of para-hydroxylation sites is 1. The van der Waals surface area contributed by atoms with Crippen LogP contribution in [0.5, 0.6) is 11.5 Å². The van der Waals surface area contributed by atoms with E-state index in [1.807, 2.05) is 54.6 Å². The fourth-order valence-electron chi connectivity index (χ4n) is 9.17. The molecule has 4 aromatic carbocycles. The number of anilines is 1. The van der Waals surface area contributed by atoms with Gasteiger partial charge in [-0.1, -0.05) is 54.6 Å². The highest BCUT2D eigenvalue weighted by atomic mass is 16.5. The summed E-state index contributed by atoms with van der Waals surface area (Å²) in [6, 6.07) is 29.1. The Labute approximate surface area is 321 Å². The third-order valence-corrected chi connectivity index (χ3v) is 12.1. The Morgan fingerprint density at radius 3 is 2.33 bits per heavy atom. The van der Waals surface area contributed by atoms with Crippen molar-refractivity contribution in [3.8, 4) is 22.6 Å². The lowest BCUT2D eigenvalue weighted by atomic mass is 9.78. The van der Waals surface area contributed by atoms with Crippen molar-refractivity contribution in [1.82, 2.24) is 10.2 Å². The molecule has 0 radical (unpaired) electrons. The van der Waals surface area contributed by atoms with E-state index in [1.165, 1.54) is 6.92 Å². The van der Waals surface area contributed by atoms with Crippen molar-refractivity contribution in [3.05, 3.63) is 113 Å². The lowest BCUT2D eigenvalue weighted by molar-refractivity contribution is -0.135. The first-order valence-corrected chi connectivity index (χ1v) is 19.5. The van der Waals surface area contributed by atoms with Crippen LogP contribution in [0.4, 0.5) is 5.69 Å². The Balaban J connectivity index is 0.957. The van der Waals surface area contributed by atoms with Gasteiger partial charge in [-0.2, -0.15) is 0 Å². The van der Waals surface area contributed by atoms with E-state index < -0.39 is 23.6 Å². The van der Waals surface area contributed by atoms with Gasteiger partial charge < -0.3 is 29.7 Å². The van der Waals surface area contributed by atoms with Crippen LogP contribution in [0.2, 0.25) is 0 Å². The summed E-state index contributed by atoms with van der Waals surface area (Å²) in [4.78, 5) is 56.2. The summed E-state index contributed by atoms with van der Waals surface area (Å²) in [5.41, 5.74) is 5.45. The van der Waals surface area contributed by atoms with Crippen LogP contribution in [-0.4, -0.2) is 65.5 Å². The number of esters is 2. The second-order valence-electron chi connectivity index (χ2n) is 15.4. The summed E-state index contributed by atoms with van der Waals surface area (Å²) < 4.78 is 11.3.